The number of nitrogens with zero attached hydrogens (tertiary/aromatic N) is 4. The predicted molar refractivity (Wildman–Crippen MR) is 139 cm³/mol. The molecule has 0 aliphatic heterocycles. The zero-order valence-electron chi connectivity index (χ0n) is 21.1. The monoisotopic (exact) mass is 559 g/mol. The van der Waals surface area contributed by atoms with Crippen LogP contribution in [-0.2, 0) is 15.3 Å². The van der Waals surface area contributed by atoms with Crippen molar-refractivity contribution in [1.82, 2.24) is 15.0 Å². The van der Waals surface area contributed by atoms with Gasteiger partial charge in [-0.15, -0.1) is 0 Å². The molecule has 0 fully saturated rings. The lowest BCUT2D eigenvalue weighted by molar-refractivity contribution is -0.192. The minimum Gasteiger partial charge on any atom is -0.475 e. The summed E-state index contributed by atoms with van der Waals surface area (Å²) in [6.45, 7) is 6.21. The highest BCUT2D eigenvalue weighted by molar-refractivity contribution is 7.98. The molecule has 3 rings (SSSR count). The number of hydrogen-bond donors (Lipinski definition) is 4. The second kappa shape index (κ2) is 13.8. The maximum absolute atomic E-state index is 11.3. The van der Waals surface area contributed by atoms with Crippen molar-refractivity contribution in [1.29, 1.82) is 10.5 Å². The Balaban J connectivity index is 0.000000673. The maximum Gasteiger partial charge on any atom is 0.490 e. The molecule has 0 radical (unpaired) electrons. The molecule has 0 atom stereocenters. The minimum absolute atomic E-state index is 0.172. The van der Waals surface area contributed by atoms with Gasteiger partial charge in [0.15, 0.2) is 0 Å². The molecule has 204 valence electrons. The van der Waals surface area contributed by atoms with Gasteiger partial charge in [-0.2, -0.15) is 23.7 Å². The van der Waals surface area contributed by atoms with Crippen LogP contribution >= 0.6 is 11.8 Å². The number of carbonyl (C=O) groups is 2. The molecule has 10 nitrogen and oxygen atoms in total. The number of aromatic nitrogens is 3. The van der Waals surface area contributed by atoms with Crippen molar-refractivity contribution in [2.45, 2.75) is 37.7 Å². The van der Waals surface area contributed by atoms with Crippen LogP contribution in [0.3, 0.4) is 0 Å². The number of hydrogen-bond acceptors (Lipinski definition) is 8. The van der Waals surface area contributed by atoms with E-state index in [1.165, 1.54) is 18.7 Å². The number of thioether (sulfide) groups is 1. The first-order chi connectivity index (χ1) is 18.4. The Morgan fingerprint density at radius 2 is 1.77 bits per heavy atom. The average Bonchev–Trinajstić information content (AvgIpc) is 3.39. The van der Waals surface area contributed by atoms with Crippen molar-refractivity contribution in [3.63, 3.8) is 0 Å². The Morgan fingerprint density at radius 1 is 1.15 bits per heavy atom. The van der Waals surface area contributed by atoms with E-state index in [0.29, 0.717) is 57.0 Å². The van der Waals surface area contributed by atoms with Gasteiger partial charge in [-0.1, -0.05) is 37.7 Å². The summed E-state index contributed by atoms with van der Waals surface area (Å²) in [5.41, 5.74) is 2.50. The number of aliphatic carboxylic acids is 1. The van der Waals surface area contributed by atoms with E-state index in [1.54, 1.807) is 36.7 Å². The second-order valence-electron chi connectivity index (χ2n) is 8.27. The van der Waals surface area contributed by atoms with Crippen LogP contribution in [0.25, 0.3) is 11.1 Å². The van der Waals surface area contributed by atoms with Crippen molar-refractivity contribution >= 4 is 35.1 Å². The number of carboxylic acids is 1. The van der Waals surface area contributed by atoms with E-state index in [-0.39, 0.29) is 5.91 Å². The van der Waals surface area contributed by atoms with Crippen molar-refractivity contribution < 1.29 is 27.9 Å². The summed E-state index contributed by atoms with van der Waals surface area (Å²) in [4.78, 5) is 32.1. The summed E-state index contributed by atoms with van der Waals surface area (Å²) in [6, 6.07) is 11.5. The fourth-order valence-electron chi connectivity index (χ4n) is 3.04. The number of halogens is 3. The van der Waals surface area contributed by atoms with Crippen LogP contribution in [0.1, 0.15) is 37.7 Å². The molecule has 0 spiro atoms. The van der Waals surface area contributed by atoms with Crippen LogP contribution in [-0.4, -0.2) is 44.7 Å². The van der Waals surface area contributed by atoms with Gasteiger partial charge < -0.3 is 20.7 Å². The number of carboxylic acid groups (broad SMARTS) is 1. The lowest BCUT2D eigenvalue weighted by atomic mass is 9.96. The Morgan fingerprint density at radius 3 is 2.23 bits per heavy atom. The van der Waals surface area contributed by atoms with Crippen LogP contribution in [0, 0.1) is 28.6 Å². The molecular weight excluding hydrogens is 535 g/mol. The number of amides is 1. The number of aromatic amines is 1. The molecule has 4 N–H and O–H groups in total. The van der Waals surface area contributed by atoms with E-state index in [0.717, 1.165) is 5.82 Å². The first-order valence-electron chi connectivity index (χ1n) is 11.3. The van der Waals surface area contributed by atoms with Gasteiger partial charge in [-0.3, -0.25) is 4.79 Å². The van der Waals surface area contributed by atoms with Gasteiger partial charge in [0.1, 0.15) is 34.4 Å². The van der Waals surface area contributed by atoms with Gasteiger partial charge in [0.2, 0.25) is 5.91 Å². The van der Waals surface area contributed by atoms with Gasteiger partial charge >= 0.3 is 12.1 Å². The largest absolute Gasteiger partial charge is 0.490 e. The third kappa shape index (κ3) is 9.05. The summed E-state index contributed by atoms with van der Waals surface area (Å²) in [5.74, 6) is -0.864. The first kappa shape index (κ1) is 30.7. The third-order valence-electron chi connectivity index (χ3n) is 4.70. The molecule has 1 aromatic carbocycles. The highest BCUT2D eigenvalue weighted by Gasteiger charge is 2.38. The number of nitriles is 2. The zero-order valence-corrected chi connectivity index (χ0v) is 21.9. The molecule has 2 heterocycles. The van der Waals surface area contributed by atoms with Crippen molar-refractivity contribution in [2.24, 2.45) is 5.92 Å². The van der Waals surface area contributed by atoms with Gasteiger partial charge in [-0.05, 0) is 23.6 Å². The average molecular weight is 560 g/mol. The second-order valence-corrected chi connectivity index (χ2v) is 9.24. The van der Waals surface area contributed by atoms with Gasteiger partial charge in [0, 0.05) is 37.1 Å². The van der Waals surface area contributed by atoms with E-state index in [4.69, 9.17) is 9.90 Å². The van der Waals surface area contributed by atoms with Crippen LogP contribution in [0.2, 0.25) is 0 Å². The summed E-state index contributed by atoms with van der Waals surface area (Å²) in [5, 5.41) is 33.6. The molecular formula is C25H24F3N7O3S. The molecule has 0 saturated carbocycles. The summed E-state index contributed by atoms with van der Waals surface area (Å²) in [7, 11) is 0. The quantitative estimate of drug-likeness (QED) is 0.272. The molecule has 3 aromatic rings. The SMILES string of the molecule is CC(=O)Nc1ccc(-c2c(C#N)c(NCC(C)C)nc(SCc3ncc[nH]3)c2C#N)cc1.O=C(O)C(F)(F)F. The predicted octanol–water partition coefficient (Wildman–Crippen LogP) is 5.17. The molecule has 14 heteroatoms. The number of imidazole rings is 1. The smallest absolute Gasteiger partial charge is 0.475 e. The van der Waals surface area contributed by atoms with Crippen molar-refractivity contribution in [2.75, 3.05) is 17.2 Å². The fourth-order valence-corrected chi connectivity index (χ4v) is 3.91. The minimum atomic E-state index is -5.08. The fraction of sp³-hybridized carbons (Fsp3) is 0.280. The number of H-pyrrole nitrogens is 1. The number of rotatable bonds is 8. The molecule has 0 aliphatic rings. The number of anilines is 2. The molecule has 0 bridgehead atoms. The van der Waals surface area contributed by atoms with Crippen LogP contribution in [0.15, 0.2) is 41.7 Å². The Bertz CT molecular complexity index is 1380. The molecule has 0 saturated heterocycles. The van der Waals surface area contributed by atoms with Gasteiger partial charge in [0.05, 0.1) is 11.3 Å². The number of nitrogens with one attached hydrogen (secondary N) is 3. The van der Waals surface area contributed by atoms with E-state index in [9.17, 15) is 28.5 Å². The maximum atomic E-state index is 11.3. The lowest BCUT2D eigenvalue weighted by Crippen LogP contribution is -2.21. The summed E-state index contributed by atoms with van der Waals surface area (Å²) in [6.07, 6.45) is -1.67. The van der Waals surface area contributed by atoms with Gasteiger partial charge in [0.25, 0.3) is 0 Å². The van der Waals surface area contributed by atoms with E-state index < -0.39 is 12.1 Å². The third-order valence-corrected chi connectivity index (χ3v) is 5.69. The summed E-state index contributed by atoms with van der Waals surface area (Å²) >= 11 is 1.38. The van der Waals surface area contributed by atoms with E-state index in [2.05, 4.69) is 51.6 Å². The lowest BCUT2D eigenvalue weighted by Gasteiger charge is -2.17. The molecule has 0 aliphatic carbocycles. The number of benzene rings is 1. The highest BCUT2D eigenvalue weighted by Crippen LogP contribution is 2.37. The van der Waals surface area contributed by atoms with E-state index >= 15 is 0 Å². The standard InChI is InChI=1S/C23H23N7OS.C2HF3O2/c1-14(2)12-28-22-18(10-24)21(16-4-6-17(7-5-16)29-15(3)31)19(11-25)23(30-22)32-13-20-26-8-9-27-20;3-2(4,5)1(6)7/h4-9,14H,12-13H2,1-3H3,(H,26,27)(H,28,30)(H,29,31);(H,6,7). The first-order valence-corrected chi connectivity index (χ1v) is 12.3. The normalized spacial score (nSPS) is 10.6. The van der Waals surface area contributed by atoms with Crippen LogP contribution in [0.4, 0.5) is 24.7 Å². The van der Waals surface area contributed by atoms with E-state index in [1.807, 2.05) is 0 Å². The molecule has 2 aromatic heterocycles. The Labute approximate surface area is 226 Å². The van der Waals surface area contributed by atoms with Gasteiger partial charge in [-0.25, -0.2) is 14.8 Å². The molecule has 0 unspecified atom stereocenters. The highest BCUT2D eigenvalue weighted by atomic mass is 32.2. The Kier molecular flexibility index (Phi) is 10.9. The van der Waals surface area contributed by atoms with Crippen LogP contribution < -0.4 is 10.6 Å². The number of alkyl halides is 3. The van der Waals surface area contributed by atoms with Crippen molar-refractivity contribution in [3.8, 4) is 23.3 Å². The zero-order chi connectivity index (χ0) is 29.2. The van der Waals surface area contributed by atoms with Crippen LogP contribution in [0.5, 0.6) is 0 Å². The molecule has 1 amide bonds. The topological polar surface area (TPSA) is 168 Å². The molecule has 39 heavy (non-hydrogen) atoms. The number of pyridine rings is 1. The summed E-state index contributed by atoms with van der Waals surface area (Å²) < 4.78 is 31.7. The Hall–Kier alpha value is -4.56. The number of carbonyl (C=O) groups excluding carboxylic acids is 1. The van der Waals surface area contributed by atoms with Crippen molar-refractivity contribution in [3.05, 3.63) is 53.6 Å².